The van der Waals surface area contributed by atoms with E-state index in [1.54, 1.807) is 20.1 Å². The van der Waals surface area contributed by atoms with Gasteiger partial charge in [0.05, 0.1) is 13.5 Å². The van der Waals surface area contributed by atoms with Crippen molar-refractivity contribution >= 4 is 18.0 Å². The molecule has 1 atom stereocenters. The molecule has 2 N–H and O–H groups in total. The summed E-state index contributed by atoms with van der Waals surface area (Å²) < 4.78 is 5.21. The molecule has 0 fully saturated rings. The third-order valence-corrected chi connectivity index (χ3v) is 2.67. The van der Waals surface area contributed by atoms with Crippen LogP contribution in [0.5, 0.6) is 5.75 Å². The topological polar surface area (TPSA) is 75.6 Å². The third-order valence-electron chi connectivity index (χ3n) is 2.67. The van der Waals surface area contributed by atoms with Gasteiger partial charge in [0.25, 0.3) is 0 Å². The normalized spacial score (nSPS) is 12.2. The van der Waals surface area contributed by atoms with Crippen LogP contribution < -0.4 is 10.1 Å². The fourth-order valence-electron chi connectivity index (χ4n) is 1.75. The van der Waals surface area contributed by atoms with E-state index in [1.807, 2.05) is 25.1 Å². The highest BCUT2D eigenvalue weighted by atomic mass is 16.5. The molecular weight excluding hydrogens is 258 g/mol. The maximum atomic E-state index is 11.7. The number of aliphatic carboxylic acids is 1. The van der Waals surface area contributed by atoms with Gasteiger partial charge in [0.2, 0.25) is 5.91 Å². The molecule has 108 valence electrons. The van der Waals surface area contributed by atoms with Crippen LogP contribution in [0.3, 0.4) is 0 Å². The van der Waals surface area contributed by atoms with Gasteiger partial charge in [-0.25, -0.2) is 0 Å². The van der Waals surface area contributed by atoms with Crippen molar-refractivity contribution in [2.75, 3.05) is 7.11 Å². The zero-order valence-corrected chi connectivity index (χ0v) is 11.8. The molecule has 0 heterocycles. The second-order valence-corrected chi connectivity index (χ2v) is 4.59. The zero-order valence-electron chi connectivity index (χ0n) is 11.8. The molecule has 0 saturated carbocycles. The Labute approximate surface area is 118 Å². The van der Waals surface area contributed by atoms with E-state index in [-0.39, 0.29) is 12.3 Å². The van der Waals surface area contributed by atoms with Gasteiger partial charge >= 0.3 is 5.97 Å². The van der Waals surface area contributed by atoms with E-state index in [1.165, 1.54) is 6.08 Å². The number of hydrogen-bond acceptors (Lipinski definition) is 3. The van der Waals surface area contributed by atoms with E-state index in [0.717, 1.165) is 11.1 Å². The number of carbonyl (C=O) groups excluding carboxylic acids is 1. The maximum absolute atomic E-state index is 11.7. The number of aryl methyl sites for hydroxylation is 1. The highest BCUT2D eigenvalue weighted by Crippen LogP contribution is 2.20. The minimum absolute atomic E-state index is 0.104. The number of amides is 1. The van der Waals surface area contributed by atoms with Crippen molar-refractivity contribution in [2.45, 2.75) is 26.3 Å². The van der Waals surface area contributed by atoms with E-state index in [9.17, 15) is 9.59 Å². The van der Waals surface area contributed by atoms with Gasteiger partial charge in [0, 0.05) is 17.7 Å². The number of carboxylic acids is 1. The van der Waals surface area contributed by atoms with Crippen molar-refractivity contribution in [3.63, 3.8) is 0 Å². The van der Waals surface area contributed by atoms with Crippen molar-refractivity contribution < 1.29 is 19.4 Å². The summed E-state index contributed by atoms with van der Waals surface area (Å²) in [5, 5.41) is 11.2. The molecule has 0 aliphatic rings. The number of methoxy groups -OCH3 is 1. The summed E-state index contributed by atoms with van der Waals surface area (Å²) in [5.41, 5.74) is 1.86. The highest BCUT2D eigenvalue weighted by Gasteiger charge is 2.09. The van der Waals surface area contributed by atoms with E-state index in [4.69, 9.17) is 9.84 Å². The summed E-state index contributed by atoms with van der Waals surface area (Å²) in [7, 11) is 1.57. The number of benzene rings is 1. The summed E-state index contributed by atoms with van der Waals surface area (Å²) in [6, 6.07) is 5.25. The summed E-state index contributed by atoms with van der Waals surface area (Å²) in [4.78, 5) is 22.2. The smallest absolute Gasteiger partial charge is 0.305 e. The Hall–Kier alpha value is -2.30. The van der Waals surface area contributed by atoms with Gasteiger partial charge in [0.1, 0.15) is 5.75 Å². The van der Waals surface area contributed by atoms with Crippen LogP contribution in [-0.2, 0) is 9.59 Å². The molecule has 1 aromatic rings. The number of carbonyl (C=O) groups is 2. The molecule has 5 heteroatoms. The second-order valence-electron chi connectivity index (χ2n) is 4.59. The van der Waals surface area contributed by atoms with Gasteiger partial charge in [-0.2, -0.15) is 0 Å². The molecule has 20 heavy (non-hydrogen) atoms. The second kappa shape index (κ2) is 7.33. The van der Waals surface area contributed by atoms with Crippen LogP contribution in [0.15, 0.2) is 24.3 Å². The molecular formula is C15H19NO4. The van der Waals surface area contributed by atoms with Gasteiger partial charge in [0.15, 0.2) is 0 Å². The quantitative estimate of drug-likeness (QED) is 0.780. The van der Waals surface area contributed by atoms with Crippen molar-refractivity contribution in [3.05, 3.63) is 35.4 Å². The molecule has 0 spiro atoms. The zero-order chi connectivity index (χ0) is 15.1. The molecule has 5 nitrogen and oxygen atoms in total. The Bertz CT molecular complexity index is 523. The van der Waals surface area contributed by atoms with Crippen LogP contribution in [-0.4, -0.2) is 30.1 Å². The predicted molar refractivity (Wildman–Crippen MR) is 76.6 cm³/mol. The standard InChI is InChI=1S/C15H19NO4/c1-10-4-6-13(20-3)12(8-10)5-7-14(17)16-11(2)9-15(18)19/h4-8,11H,9H2,1-3H3,(H,16,17)(H,18,19)/b7-5+. The van der Waals surface area contributed by atoms with E-state index in [2.05, 4.69) is 5.32 Å². The Kier molecular flexibility index (Phi) is 5.77. The lowest BCUT2D eigenvalue weighted by molar-refractivity contribution is -0.137. The molecule has 1 aromatic carbocycles. The fourth-order valence-corrected chi connectivity index (χ4v) is 1.75. The van der Waals surface area contributed by atoms with Crippen LogP contribution in [0.4, 0.5) is 0 Å². The first kappa shape index (κ1) is 15.8. The Morgan fingerprint density at radius 2 is 2.15 bits per heavy atom. The summed E-state index contributed by atoms with van der Waals surface area (Å²) in [6.07, 6.45) is 2.91. The van der Waals surface area contributed by atoms with Crippen LogP contribution in [0.1, 0.15) is 24.5 Å². The fraction of sp³-hybridized carbons (Fsp3) is 0.333. The van der Waals surface area contributed by atoms with Crippen LogP contribution in [0, 0.1) is 6.92 Å². The molecule has 0 radical (unpaired) electrons. The van der Waals surface area contributed by atoms with E-state index < -0.39 is 12.0 Å². The van der Waals surface area contributed by atoms with Gasteiger partial charge in [-0.15, -0.1) is 0 Å². The van der Waals surface area contributed by atoms with Crippen LogP contribution in [0.25, 0.3) is 6.08 Å². The van der Waals surface area contributed by atoms with Crippen molar-refractivity contribution in [3.8, 4) is 5.75 Å². The minimum atomic E-state index is -0.942. The molecule has 0 aromatic heterocycles. The molecule has 0 aliphatic carbocycles. The number of rotatable bonds is 6. The average molecular weight is 277 g/mol. The molecule has 1 unspecified atom stereocenters. The number of carboxylic acid groups (broad SMARTS) is 1. The Morgan fingerprint density at radius 3 is 2.75 bits per heavy atom. The Morgan fingerprint density at radius 1 is 1.45 bits per heavy atom. The minimum Gasteiger partial charge on any atom is -0.496 e. The summed E-state index contributed by atoms with van der Waals surface area (Å²) in [6.45, 7) is 3.60. The monoisotopic (exact) mass is 277 g/mol. The lowest BCUT2D eigenvalue weighted by atomic mass is 10.1. The van der Waals surface area contributed by atoms with Gasteiger partial charge < -0.3 is 15.2 Å². The van der Waals surface area contributed by atoms with E-state index in [0.29, 0.717) is 5.75 Å². The number of hydrogen-bond donors (Lipinski definition) is 2. The molecule has 0 bridgehead atoms. The predicted octanol–water partition coefficient (Wildman–Crippen LogP) is 2.00. The number of nitrogens with one attached hydrogen (secondary N) is 1. The highest BCUT2D eigenvalue weighted by molar-refractivity contribution is 5.92. The third kappa shape index (κ3) is 5.14. The average Bonchev–Trinajstić information content (AvgIpc) is 2.35. The van der Waals surface area contributed by atoms with Crippen LogP contribution >= 0.6 is 0 Å². The van der Waals surface area contributed by atoms with Crippen molar-refractivity contribution in [2.24, 2.45) is 0 Å². The lowest BCUT2D eigenvalue weighted by Gasteiger charge is -2.09. The van der Waals surface area contributed by atoms with Crippen molar-refractivity contribution in [1.29, 1.82) is 0 Å². The lowest BCUT2D eigenvalue weighted by Crippen LogP contribution is -2.32. The maximum Gasteiger partial charge on any atom is 0.305 e. The molecule has 0 saturated heterocycles. The largest absolute Gasteiger partial charge is 0.496 e. The van der Waals surface area contributed by atoms with Gasteiger partial charge in [-0.1, -0.05) is 11.6 Å². The van der Waals surface area contributed by atoms with Crippen molar-refractivity contribution in [1.82, 2.24) is 5.32 Å². The van der Waals surface area contributed by atoms with E-state index >= 15 is 0 Å². The number of ether oxygens (including phenoxy) is 1. The molecule has 0 aliphatic heterocycles. The summed E-state index contributed by atoms with van der Waals surface area (Å²) >= 11 is 0. The molecule has 1 rings (SSSR count). The first-order valence-electron chi connectivity index (χ1n) is 6.27. The van der Waals surface area contributed by atoms with Gasteiger partial charge in [-0.3, -0.25) is 9.59 Å². The van der Waals surface area contributed by atoms with Gasteiger partial charge in [-0.05, 0) is 32.1 Å². The Balaban J connectivity index is 2.70. The molecule has 1 amide bonds. The first-order valence-corrected chi connectivity index (χ1v) is 6.27. The summed E-state index contributed by atoms with van der Waals surface area (Å²) in [5.74, 6) is -0.595. The first-order chi connectivity index (χ1) is 9.42. The SMILES string of the molecule is COc1ccc(C)cc1/C=C/C(=O)NC(C)CC(=O)O. The van der Waals surface area contributed by atoms with Crippen LogP contribution in [0.2, 0.25) is 0 Å².